The number of esters is 1. The number of nitrogens with one attached hydrogen (secondary N) is 2. The standard InChI is InChI=1S/C11H20N2O3/c1-8(2)9(14)16-7-6-12-10(15)13-11(3,4)5/h1,6-7H2,2-5H3,(H2,12,13,15). The Morgan fingerprint density at radius 2 is 1.88 bits per heavy atom. The average Bonchev–Trinajstić information content (AvgIpc) is 2.08. The summed E-state index contributed by atoms with van der Waals surface area (Å²) < 4.78 is 4.80. The molecule has 5 heteroatoms. The van der Waals surface area contributed by atoms with Gasteiger partial charge in [0, 0.05) is 11.1 Å². The molecular weight excluding hydrogens is 208 g/mol. The van der Waals surface area contributed by atoms with Crippen molar-refractivity contribution < 1.29 is 14.3 Å². The van der Waals surface area contributed by atoms with E-state index in [2.05, 4.69) is 17.2 Å². The maximum atomic E-state index is 11.3. The molecule has 0 radical (unpaired) electrons. The van der Waals surface area contributed by atoms with E-state index in [1.54, 1.807) is 6.92 Å². The molecule has 0 rings (SSSR count). The molecule has 2 N–H and O–H groups in total. The van der Waals surface area contributed by atoms with Crippen LogP contribution in [0.1, 0.15) is 27.7 Å². The van der Waals surface area contributed by atoms with E-state index in [0.717, 1.165) is 0 Å². The highest BCUT2D eigenvalue weighted by molar-refractivity contribution is 5.86. The molecule has 16 heavy (non-hydrogen) atoms. The van der Waals surface area contributed by atoms with Gasteiger partial charge in [0.25, 0.3) is 0 Å². The van der Waals surface area contributed by atoms with Crippen molar-refractivity contribution in [3.8, 4) is 0 Å². The number of hydrogen-bond acceptors (Lipinski definition) is 3. The molecule has 0 aromatic carbocycles. The summed E-state index contributed by atoms with van der Waals surface area (Å²) in [6.45, 7) is 11.1. The van der Waals surface area contributed by atoms with Gasteiger partial charge in [0.05, 0.1) is 6.54 Å². The van der Waals surface area contributed by atoms with Crippen LogP contribution >= 0.6 is 0 Å². The van der Waals surface area contributed by atoms with Gasteiger partial charge in [-0.3, -0.25) is 0 Å². The van der Waals surface area contributed by atoms with Gasteiger partial charge in [-0.1, -0.05) is 6.58 Å². The second-order valence-corrected chi connectivity index (χ2v) is 4.55. The number of urea groups is 1. The first kappa shape index (κ1) is 14.5. The minimum absolute atomic E-state index is 0.142. The molecule has 0 fully saturated rings. The zero-order valence-electron chi connectivity index (χ0n) is 10.3. The van der Waals surface area contributed by atoms with Crippen LogP contribution in [0.4, 0.5) is 4.79 Å². The van der Waals surface area contributed by atoms with Gasteiger partial charge in [0.15, 0.2) is 0 Å². The number of carbonyl (C=O) groups is 2. The molecule has 0 atom stereocenters. The maximum absolute atomic E-state index is 11.3. The zero-order valence-corrected chi connectivity index (χ0v) is 10.3. The Balaban J connectivity index is 3.64. The Hall–Kier alpha value is -1.52. The molecule has 0 aromatic heterocycles. The van der Waals surface area contributed by atoms with Crippen LogP contribution in [-0.4, -0.2) is 30.7 Å². The van der Waals surface area contributed by atoms with E-state index < -0.39 is 5.97 Å². The Kier molecular flexibility index (Phi) is 5.56. The van der Waals surface area contributed by atoms with Crippen molar-refractivity contribution in [1.29, 1.82) is 0 Å². The fourth-order valence-electron chi connectivity index (χ4n) is 0.816. The SMILES string of the molecule is C=C(C)C(=O)OCCNC(=O)NC(C)(C)C. The molecule has 0 aliphatic rings. The van der Waals surface area contributed by atoms with Crippen molar-refractivity contribution >= 4 is 12.0 Å². The van der Waals surface area contributed by atoms with Crippen LogP contribution in [0.3, 0.4) is 0 Å². The van der Waals surface area contributed by atoms with Gasteiger partial charge >= 0.3 is 12.0 Å². The van der Waals surface area contributed by atoms with Crippen LogP contribution < -0.4 is 10.6 Å². The first-order chi connectivity index (χ1) is 7.22. The van der Waals surface area contributed by atoms with Crippen molar-refractivity contribution in [1.82, 2.24) is 10.6 Å². The summed E-state index contributed by atoms with van der Waals surface area (Å²) in [5.41, 5.74) is 0.0671. The molecule has 0 spiro atoms. The summed E-state index contributed by atoms with van der Waals surface area (Å²) in [7, 11) is 0. The number of amides is 2. The Bertz CT molecular complexity index is 279. The lowest BCUT2D eigenvalue weighted by Gasteiger charge is -2.20. The number of rotatable bonds is 4. The smallest absolute Gasteiger partial charge is 0.333 e. The highest BCUT2D eigenvalue weighted by Crippen LogP contribution is 1.97. The highest BCUT2D eigenvalue weighted by Gasteiger charge is 2.12. The van der Waals surface area contributed by atoms with Crippen LogP contribution in [0, 0.1) is 0 Å². The Morgan fingerprint density at radius 1 is 1.31 bits per heavy atom. The van der Waals surface area contributed by atoms with E-state index in [4.69, 9.17) is 4.74 Å². The predicted octanol–water partition coefficient (Wildman–Crippen LogP) is 1.20. The molecule has 0 aliphatic heterocycles. The molecule has 0 heterocycles. The lowest BCUT2D eigenvalue weighted by Crippen LogP contribution is -2.47. The third-order valence-electron chi connectivity index (χ3n) is 1.46. The Labute approximate surface area is 96.2 Å². The third-order valence-corrected chi connectivity index (χ3v) is 1.46. The molecular formula is C11H20N2O3. The fraction of sp³-hybridized carbons (Fsp3) is 0.636. The number of ether oxygens (including phenoxy) is 1. The summed E-state index contributed by atoms with van der Waals surface area (Å²) >= 11 is 0. The van der Waals surface area contributed by atoms with Crippen molar-refractivity contribution in [2.45, 2.75) is 33.2 Å². The molecule has 0 saturated heterocycles. The van der Waals surface area contributed by atoms with Crippen LogP contribution in [0.25, 0.3) is 0 Å². The van der Waals surface area contributed by atoms with E-state index >= 15 is 0 Å². The third kappa shape index (κ3) is 7.84. The van der Waals surface area contributed by atoms with E-state index in [1.807, 2.05) is 20.8 Å². The minimum Gasteiger partial charge on any atom is -0.460 e. The van der Waals surface area contributed by atoms with E-state index in [-0.39, 0.29) is 24.7 Å². The fourth-order valence-corrected chi connectivity index (χ4v) is 0.816. The molecule has 0 saturated carbocycles. The van der Waals surface area contributed by atoms with E-state index in [0.29, 0.717) is 5.57 Å². The highest BCUT2D eigenvalue weighted by atomic mass is 16.5. The van der Waals surface area contributed by atoms with Crippen molar-refractivity contribution in [2.75, 3.05) is 13.2 Å². The largest absolute Gasteiger partial charge is 0.460 e. The van der Waals surface area contributed by atoms with Crippen LogP contribution in [0.2, 0.25) is 0 Å². The van der Waals surface area contributed by atoms with Gasteiger partial charge in [-0.25, -0.2) is 9.59 Å². The molecule has 0 aliphatic carbocycles. The molecule has 92 valence electrons. The predicted molar refractivity (Wildman–Crippen MR) is 62.1 cm³/mol. The zero-order chi connectivity index (χ0) is 12.8. The van der Waals surface area contributed by atoms with E-state index in [9.17, 15) is 9.59 Å². The second kappa shape index (κ2) is 6.15. The van der Waals surface area contributed by atoms with Gasteiger partial charge in [-0.2, -0.15) is 0 Å². The second-order valence-electron chi connectivity index (χ2n) is 4.55. The quantitative estimate of drug-likeness (QED) is 0.431. The van der Waals surface area contributed by atoms with Crippen LogP contribution in [0.15, 0.2) is 12.2 Å². The normalized spacial score (nSPS) is 10.5. The lowest BCUT2D eigenvalue weighted by atomic mass is 10.1. The summed E-state index contributed by atoms with van der Waals surface area (Å²) in [5.74, 6) is -0.446. The molecule has 0 aromatic rings. The summed E-state index contributed by atoms with van der Waals surface area (Å²) in [5, 5.41) is 5.30. The first-order valence-electron chi connectivity index (χ1n) is 5.11. The first-order valence-corrected chi connectivity index (χ1v) is 5.11. The van der Waals surface area contributed by atoms with Gasteiger partial charge in [0.2, 0.25) is 0 Å². The topological polar surface area (TPSA) is 67.4 Å². The van der Waals surface area contributed by atoms with Gasteiger partial charge in [-0.05, 0) is 27.7 Å². The average molecular weight is 228 g/mol. The molecule has 0 bridgehead atoms. The minimum atomic E-state index is -0.446. The molecule has 0 unspecified atom stereocenters. The van der Waals surface area contributed by atoms with E-state index in [1.165, 1.54) is 0 Å². The van der Waals surface area contributed by atoms with Crippen molar-refractivity contribution in [3.63, 3.8) is 0 Å². The molecule has 2 amide bonds. The van der Waals surface area contributed by atoms with Gasteiger partial charge in [0.1, 0.15) is 6.61 Å². The monoisotopic (exact) mass is 228 g/mol. The number of hydrogen-bond donors (Lipinski definition) is 2. The Morgan fingerprint density at radius 3 is 2.31 bits per heavy atom. The summed E-state index contributed by atoms with van der Waals surface area (Å²) in [4.78, 5) is 22.2. The van der Waals surface area contributed by atoms with Gasteiger partial charge < -0.3 is 15.4 Å². The van der Waals surface area contributed by atoms with Gasteiger partial charge in [-0.15, -0.1) is 0 Å². The van der Waals surface area contributed by atoms with Crippen LogP contribution in [0.5, 0.6) is 0 Å². The van der Waals surface area contributed by atoms with Crippen LogP contribution in [-0.2, 0) is 9.53 Å². The number of carbonyl (C=O) groups excluding carboxylic acids is 2. The maximum Gasteiger partial charge on any atom is 0.333 e. The lowest BCUT2D eigenvalue weighted by molar-refractivity contribution is -0.138. The van der Waals surface area contributed by atoms with Crippen molar-refractivity contribution in [3.05, 3.63) is 12.2 Å². The summed E-state index contributed by atoms with van der Waals surface area (Å²) in [6.07, 6.45) is 0. The molecule has 5 nitrogen and oxygen atoms in total. The van der Waals surface area contributed by atoms with Crippen molar-refractivity contribution in [2.24, 2.45) is 0 Å². The summed E-state index contributed by atoms with van der Waals surface area (Å²) in [6, 6.07) is -0.279.